The van der Waals surface area contributed by atoms with Gasteiger partial charge in [-0.3, -0.25) is 0 Å². The number of hydrogen-bond acceptors (Lipinski definition) is 2. The Morgan fingerprint density at radius 1 is 1.39 bits per heavy atom. The van der Waals surface area contributed by atoms with Crippen LogP contribution in [0.25, 0.3) is 0 Å². The molecule has 0 radical (unpaired) electrons. The highest BCUT2D eigenvalue weighted by atomic mass is 35.5. The molecule has 0 atom stereocenters. The summed E-state index contributed by atoms with van der Waals surface area (Å²) in [7, 11) is 3.41. The molecule has 0 aliphatic heterocycles. The molecule has 0 unspecified atom stereocenters. The van der Waals surface area contributed by atoms with Crippen LogP contribution in [0.15, 0.2) is 24.3 Å². The number of carbonyl (C=O) groups is 1. The molecule has 18 heavy (non-hydrogen) atoms. The number of amides is 2. The molecule has 0 aromatic heterocycles. The Kier molecular flexibility index (Phi) is 6.54. The first-order valence-electron chi connectivity index (χ1n) is 5.86. The first-order valence-corrected chi connectivity index (χ1v) is 6.23. The van der Waals surface area contributed by atoms with Crippen molar-refractivity contribution in [1.82, 2.24) is 10.2 Å². The van der Waals surface area contributed by atoms with E-state index in [1.807, 2.05) is 24.3 Å². The third-order valence-corrected chi connectivity index (χ3v) is 2.73. The van der Waals surface area contributed by atoms with Gasteiger partial charge in [0.05, 0.1) is 0 Å². The van der Waals surface area contributed by atoms with Crippen LogP contribution in [-0.4, -0.2) is 38.2 Å². The highest BCUT2D eigenvalue weighted by Crippen LogP contribution is 2.10. The van der Waals surface area contributed by atoms with Crippen molar-refractivity contribution in [2.75, 3.05) is 27.3 Å². The third kappa shape index (κ3) is 5.38. The summed E-state index contributed by atoms with van der Waals surface area (Å²) in [6.07, 6.45) is 0.816. The molecule has 0 bridgehead atoms. The predicted molar refractivity (Wildman–Crippen MR) is 72.8 cm³/mol. The first-order chi connectivity index (χ1) is 8.63. The molecule has 0 spiro atoms. The Hall–Kier alpha value is -1.26. The number of carbonyl (C=O) groups excluding carboxylic acids is 1. The number of ether oxygens (including phenoxy) is 1. The monoisotopic (exact) mass is 270 g/mol. The average molecular weight is 271 g/mol. The highest BCUT2D eigenvalue weighted by molar-refractivity contribution is 6.30. The second kappa shape index (κ2) is 7.95. The van der Waals surface area contributed by atoms with E-state index < -0.39 is 0 Å². The van der Waals surface area contributed by atoms with Crippen molar-refractivity contribution < 1.29 is 9.53 Å². The third-order valence-electron chi connectivity index (χ3n) is 2.48. The Labute approximate surface area is 113 Å². The summed E-state index contributed by atoms with van der Waals surface area (Å²) in [6, 6.07) is 7.39. The fourth-order valence-corrected chi connectivity index (χ4v) is 1.61. The van der Waals surface area contributed by atoms with E-state index in [4.69, 9.17) is 16.3 Å². The first kappa shape index (κ1) is 14.8. The number of hydrogen-bond donors (Lipinski definition) is 1. The van der Waals surface area contributed by atoms with Crippen LogP contribution in [0.1, 0.15) is 12.0 Å². The maximum Gasteiger partial charge on any atom is 0.317 e. The zero-order chi connectivity index (χ0) is 13.4. The number of urea groups is 1. The van der Waals surface area contributed by atoms with Gasteiger partial charge in [0.1, 0.15) is 0 Å². The van der Waals surface area contributed by atoms with Gasteiger partial charge in [0, 0.05) is 38.9 Å². The lowest BCUT2D eigenvalue weighted by Gasteiger charge is -2.18. The fraction of sp³-hybridized carbons (Fsp3) is 0.462. The van der Waals surface area contributed by atoms with Crippen LogP contribution < -0.4 is 5.32 Å². The molecule has 0 fully saturated rings. The minimum Gasteiger partial charge on any atom is -0.385 e. The van der Waals surface area contributed by atoms with Crippen molar-refractivity contribution in [2.45, 2.75) is 13.0 Å². The van der Waals surface area contributed by atoms with Gasteiger partial charge in [-0.25, -0.2) is 4.79 Å². The molecule has 0 aliphatic carbocycles. The van der Waals surface area contributed by atoms with Gasteiger partial charge in [-0.2, -0.15) is 0 Å². The maximum atomic E-state index is 11.7. The Balaban J connectivity index is 2.33. The molecule has 0 saturated heterocycles. The lowest BCUT2D eigenvalue weighted by Crippen LogP contribution is -2.37. The van der Waals surface area contributed by atoms with Gasteiger partial charge in [0.25, 0.3) is 0 Å². The molecular formula is C13H19ClN2O2. The molecule has 4 nitrogen and oxygen atoms in total. The SMILES string of the molecule is COCCCNC(=O)N(C)Cc1ccc(Cl)cc1. The zero-order valence-electron chi connectivity index (χ0n) is 10.8. The largest absolute Gasteiger partial charge is 0.385 e. The molecule has 1 N–H and O–H groups in total. The summed E-state index contributed by atoms with van der Waals surface area (Å²) in [4.78, 5) is 13.4. The number of halogens is 1. The minimum absolute atomic E-state index is 0.0824. The van der Waals surface area contributed by atoms with Crippen LogP contribution in [0.5, 0.6) is 0 Å². The summed E-state index contributed by atoms with van der Waals surface area (Å²) < 4.78 is 4.91. The van der Waals surface area contributed by atoms with Gasteiger partial charge >= 0.3 is 6.03 Å². The van der Waals surface area contributed by atoms with Gasteiger partial charge in [-0.1, -0.05) is 23.7 Å². The van der Waals surface area contributed by atoms with Crippen LogP contribution in [0, 0.1) is 0 Å². The van der Waals surface area contributed by atoms with Crippen molar-refractivity contribution in [3.05, 3.63) is 34.9 Å². The second-order valence-electron chi connectivity index (χ2n) is 4.06. The van der Waals surface area contributed by atoms with Gasteiger partial charge < -0.3 is 15.0 Å². The highest BCUT2D eigenvalue weighted by Gasteiger charge is 2.07. The number of methoxy groups -OCH3 is 1. The van der Waals surface area contributed by atoms with E-state index in [9.17, 15) is 4.79 Å². The maximum absolute atomic E-state index is 11.7. The molecule has 100 valence electrons. The van der Waals surface area contributed by atoms with Crippen LogP contribution in [0.3, 0.4) is 0 Å². The summed E-state index contributed by atoms with van der Waals surface area (Å²) in [5, 5.41) is 3.53. The Morgan fingerprint density at radius 3 is 2.67 bits per heavy atom. The lowest BCUT2D eigenvalue weighted by molar-refractivity contribution is 0.188. The molecule has 5 heteroatoms. The second-order valence-corrected chi connectivity index (χ2v) is 4.50. The van der Waals surface area contributed by atoms with E-state index >= 15 is 0 Å². The van der Waals surface area contributed by atoms with Gasteiger partial charge in [-0.15, -0.1) is 0 Å². The summed E-state index contributed by atoms with van der Waals surface area (Å²) in [6.45, 7) is 1.84. The van der Waals surface area contributed by atoms with E-state index in [1.165, 1.54) is 0 Å². The van der Waals surface area contributed by atoms with Crippen LogP contribution in [-0.2, 0) is 11.3 Å². The Morgan fingerprint density at radius 2 is 2.06 bits per heavy atom. The average Bonchev–Trinajstić information content (AvgIpc) is 2.37. The number of nitrogens with zero attached hydrogens (tertiary/aromatic N) is 1. The van der Waals surface area contributed by atoms with Crippen molar-refractivity contribution in [2.24, 2.45) is 0 Å². The molecular weight excluding hydrogens is 252 g/mol. The summed E-state index contributed by atoms with van der Waals surface area (Å²) >= 11 is 5.80. The van der Waals surface area contributed by atoms with Crippen molar-refractivity contribution >= 4 is 17.6 Å². The van der Waals surface area contributed by atoms with E-state index in [1.54, 1.807) is 19.1 Å². The number of benzene rings is 1. The summed E-state index contributed by atoms with van der Waals surface area (Å²) in [5.41, 5.74) is 1.05. The lowest BCUT2D eigenvalue weighted by atomic mass is 10.2. The van der Waals surface area contributed by atoms with Crippen molar-refractivity contribution in [3.63, 3.8) is 0 Å². The molecule has 0 heterocycles. The molecule has 0 aliphatic rings. The molecule has 2 amide bonds. The molecule has 1 aromatic rings. The van der Waals surface area contributed by atoms with Crippen LogP contribution >= 0.6 is 11.6 Å². The van der Waals surface area contributed by atoms with Gasteiger partial charge in [0.15, 0.2) is 0 Å². The minimum atomic E-state index is -0.0824. The van der Waals surface area contributed by atoms with Gasteiger partial charge in [0.2, 0.25) is 0 Å². The fourth-order valence-electron chi connectivity index (χ4n) is 1.48. The molecule has 0 saturated carbocycles. The molecule has 1 rings (SSSR count). The van der Waals surface area contributed by atoms with Crippen LogP contribution in [0.2, 0.25) is 5.02 Å². The zero-order valence-corrected chi connectivity index (χ0v) is 11.5. The van der Waals surface area contributed by atoms with Crippen LogP contribution in [0.4, 0.5) is 4.79 Å². The smallest absolute Gasteiger partial charge is 0.317 e. The predicted octanol–water partition coefficient (Wildman–Crippen LogP) is 2.52. The number of rotatable bonds is 6. The van der Waals surface area contributed by atoms with E-state index in [2.05, 4.69) is 5.32 Å². The topological polar surface area (TPSA) is 41.6 Å². The van der Waals surface area contributed by atoms with E-state index in [0.717, 1.165) is 12.0 Å². The quantitative estimate of drug-likeness (QED) is 0.807. The Bertz CT molecular complexity index is 368. The van der Waals surface area contributed by atoms with Crippen molar-refractivity contribution in [1.29, 1.82) is 0 Å². The van der Waals surface area contributed by atoms with E-state index in [-0.39, 0.29) is 6.03 Å². The van der Waals surface area contributed by atoms with Crippen molar-refractivity contribution in [3.8, 4) is 0 Å². The van der Waals surface area contributed by atoms with E-state index in [0.29, 0.717) is 24.7 Å². The molecule has 1 aromatic carbocycles. The standard InChI is InChI=1S/C13H19ClN2O2/c1-16(13(17)15-8-3-9-18-2)10-11-4-6-12(14)7-5-11/h4-7H,3,8-10H2,1-2H3,(H,15,17). The van der Waals surface area contributed by atoms with Gasteiger partial charge in [-0.05, 0) is 24.1 Å². The number of nitrogens with one attached hydrogen (secondary N) is 1. The summed E-state index contributed by atoms with van der Waals surface area (Å²) in [5.74, 6) is 0. The normalized spacial score (nSPS) is 10.2.